The summed E-state index contributed by atoms with van der Waals surface area (Å²) < 4.78 is 0. The average molecular weight is 333 g/mol. The Kier molecular flexibility index (Phi) is 3.61. The maximum absolute atomic E-state index is 12.5. The molecule has 23 heavy (non-hydrogen) atoms. The van der Waals surface area contributed by atoms with Gasteiger partial charge in [-0.2, -0.15) is 0 Å². The molecule has 0 aromatic carbocycles. The van der Waals surface area contributed by atoms with Crippen LogP contribution in [0.2, 0.25) is 0 Å². The van der Waals surface area contributed by atoms with Crippen LogP contribution in [0.3, 0.4) is 0 Å². The summed E-state index contributed by atoms with van der Waals surface area (Å²) in [5.74, 6) is 2.88. The lowest BCUT2D eigenvalue weighted by Gasteiger charge is -2.57. The highest BCUT2D eigenvalue weighted by Gasteiger charge is 2.59. The molecule has 4 aliphatic rings. The first-order valence-electron chi connectivity index (χ1n) is 9.26. The zero-order valence-corrected chi connectivity index (χ0v) is 15.4. The highest BCUT2D eigenvalue weighted by molar-refractivity contribution is 8.03. The molecule has 0 saturated heterocycles. The molecule has 3 heteroatoms. The molecule has 5 atom stereocenters. The SMILES string of the molecule is CSC1=C2CC[C@@H]3[C@H](CC[C@]4(C)C(=O)CC[C@@H]34)[C@@]2(C)CCC1=O. The molecule has 3 saturated carbocycles. The van der Waals surface area contributed by atoms with Crippen LogP contribution in [0.25, 0.3) is 0 Å². The third-order valence-electron chi connectivity index (χ3n) is 7.98. The fourth-order valence-electron chi connectivity index (χ4n) is 6.67. The van der Waals surface area contributed by atoms with Crippen molar-refractivity contribution in [3.63, 3.8) is 0 Å². The van der Waals surface area contributed by atoms with Crippen molar-refractivity contribution in [2.24, 2.45) is 28.6 Å². The first-order chi connectivity index (χ1) is 10.9. The fraction of sp³-hybridized carbons (Fsp3) is 0.800. The van der Waals surface area contributed by atoms with E-state index in [1.807, 2.05) is 0 Å². The smallest absolute Gasteiger partial charge is 0.169 e. The largest absolute Gasteiger partial charge is 0.299 e. The summed E-state index contributed by atoms with van der Waals surface area (Å²) in [7, 11) is 0. The molecular weight excluding hydrogens is 304 g/mol. The summed E-state index contributed by atoms with van der Waals surface area (Å²) >= 11 is 1.67. The Labute approximate surface area is 143 Å². The second-order valence-electron chi connectivity index (χ2n) is 8.69. The van der Waals surface area contributed by atoms with Gasteiger partial charge in [0.25, 0.3) is 0 Å². The van der Waals surface area contributed by atoms with E-state index in [2.05, 4.69) is 20.1 Å². The Hall–Kier alpha value is -0.570. The highest BCUT2D eigenvalue weighted by atomic mass is 32.2. The maximum Gasteiger partial charge on any atom is 0.169 e. The van der Waals surface area contributed by atoms with Crippen molar-refractivity contribution in [1.29, 1.82) is 0 Å². The van der Waals surface area contributed by atoms with Crippen LogP contribution in [0, 0.1) is 28.6 Å². The lowest BCUT2D eigenvalue weighted by atomic mass is 9.47. The summed E-state index contributed by atoms with van der Waals surface area (Å²) in [5.41, 5.74) is 1.64. The van der Waals surface area contributed by atoms with Gasteiger partial charge in [0.05, 0.1) is 0 Å². The predicted octanol–water partition coefficient (Wildman–Crippen LogP) is 4.78. The summed E-state index contributed by atoms with van der Waals surface area (Å²) in [5, 5.41) is 0. The van der Waals surface area contributed by atoms with Crippen molar-refractivity contribution in [3.05, 3.63) is 10.5 Å². The normalized spacial score (nSPS) is 46.5. The summed E-state index contributed by atoms with van der Waals surface area (Å²) in [6.45, 7) is 4.68. The Bertz CT molecular complexity index is 607. The van der Waals surface area contributed by atoms with Crippen LogP contribution in [0.5, 0.6) is 0 Å². The van der Waals surface area contributed by atoms with Gasteiger partial charge in [-0.15, -0.1) is 11.8 Å². The summed E-state index contributed by atoms with van der Waals surface area (Å²) in [6.07, 6.45) is 10.3. The zero-order chi connectivity index (χ0) is 16.4. The van der Waals surface area contributed by atoms with E-state index >= 15 is 0 Å². The molecule has 0 N–H and O–H groups in total. The summed E-state index contributed by atoms with van der Waals surface area (Å²) in [6, 6.07) is 0. The lowest BCUT2D eigenvalue weighted by molar-refractivity contribution is -0.132. The lowest BCUT2D eigenvalue weighted by Crippen LogP contribution is -2.51. The molecule has 0 radical (unpaired) electrons. The van der Waals surface area contributed by atoms with Gasteiger partial charge in [-0.25, -0.2) is 0 Å². The molecule has 0 heterocycles. The number of thioether (sulfide) groups is 1. The van der Waals surface area contributed by atoms with Crippen molar-refractivity contribution >= 4 is 23.3 Å². The Morgan fingerprint density at radius 2 is 1.65 bits per heavy atom. The molecule has 3 fully saturated rings. The highest BCUT2D eigenvalue weighted by Crippen LogP contribution is 2.65. The second kappa shape index (κ2) is 5.21. The minimum atomic E-state index is -0.0361. The van der Waals surface area contributed by atoms with Gasteiger partial charge in [-0.1, -0.05) is 13.8 Å². The van der Waals surface area contributed by atoms with E-state index in [0.29, 0.717) is 29.3 Å². The molecule has 2 nitrogen and oxygen atoms in total. The number of carbonyl (C=O) groups is 2. The molecule has 4 rings (SSSR count). The van der Waals surface area contributed by atoms with Crippen molar-refractivity contribution in [1.82, 2.24) is 0 Å². The number of Topliss-reactive ketones (excluding diaryl/α,β-unsaturated/α-hetero) is 2. The molecule has 0 spiro atoms. The van der Waals surface area contributed by atoms with Crippen LogP contribution < -0.4 is 0 Å². The predicted molar refractivity (Wildman–Crippen MR) is 94.2 cm³/mol. The third kappa shape index (κ3) is 2.01. The van der Waals surface area contributed by atoms with Gasteiger partial charge in [0.1, 0.15) is 5.78 Å². The van der Waals surface area contributed by atoms with Crippen LogP contribution in [0.15, 0.2) is 10.5 Å². The Morgan fingerprint density at radius 1 is 0.913 bits per heavy atom. The molecule has 4 aliphatic carbocycles. The number of ketones is 2. The van der Waals surface area contributed by atoms with Gasteiger partial charge in [0.2, 0.25) is 0 Å². The number of allylic oxidation sites excluding steroid dienone is 1. The van der Waals surface area contributed by atoms with E-state index < -0.39 is 0 Å². The van der Waals surface area contributed by atoms with Gasteiger partial charge in [0, 0.05) is 23.2 Å². The third-order valence-corrected chi connectivity index (χ3v) is 8.87. The molecule has 126 valence electrons. The number of rotatable bonds is 1. The standard InChI is InChI=1S/C20H28O2S/c1-19-11-9-16(21)18(23-3)15(19)5-4-12-13-6-7-17(22)20(13,2)10-8-14(12)19/h12-14H,4-11H2,1-3H3/t12-,13-,14-,19+,20-/m0/s1. The topological polar surface area (TPSA) is 34.1 Å². The number of hydrogen-bond acceptors (Lipinski definition) is 3. The van der Waals surface area contributed by atoms with E-state index in [9.17, 15) is 9.59 Å². The van der Waals surface area contributed by atoms with Crippen molar-refractivity contribution < 1.29 is 9.59 Å². The van der Waals surface area contributed by atoms with E-state index in [1.54, 1.807) is 11.8 Å². The Balaban J connectivity index is 1.73. The Morgan fingerprint density at radius 3 is 2.39 bits per heavy atom. The van der Waals surface area contributed by atoms with Gasteiger partial charge in [-0.3, -0.25) is 9.59 Å². The minimum Gasteiger partial charge on any atom is -0.299 e. The van der Waals surface area contributed by atoms with Crippen LogP contribution in [-0.2, 0) is 9.59 Å². The van der Waals surface area contributed by atoms with Gasteiger partial charge in [-0.05, 0) is 73.5 Å². The number of carbonyl (C=O) groups excluding carboxylic acids is 2. The van der Waals surface area contributed by atoms with E-state index in [-0.39, 0.29) is 10.8 Å². The monoisotopic (exact) mass is 332 g/mol. The van der Waals surface area contributed by atoms with E-state index in [4.69, 9.17) is 0 Å². The van der Waals surface area contributed by atoms with Crippen LogP contribution in [0.1, 0.15) is 65.2 Å². The van der Waals surface area contributed by atoms with Crippen LogP contribution >= 0.6 is 11.8 Å². The fourth-order valence-corrected chi connectivity index (χ4v) is 7.59. The van der Waals surface area contributed by atoms with Gasteiger partial charge >= 0.3 is 0 Å². The van der Waals surface area contributed by atoms with Crippen LogP contribution in [0.4, 0.5) is 0 Å². The van der Waals surface area contributed by atoms with Crippen molar-refractivity contribution in [2.75, 3.05) is 6.26 Å². The van der Waals surface area contributed by atoms with E-state index in [0.717, 1.165) is 43.4 Å². The maximum atomic E-state index is 12.5. The van der Waals surface area contributed by atoms with Gasteiger partial charge < -0.3 is 0 Å². The molecule has 0 aliphatic heterocycles. The average Bonchev–Trinajstić information content (AvgIpc) is 2.83. The van der Waals surface area contributed by atoms with Crippen molar-refractivity contribution in [3.8, 4) is 0 Å². The second-order valence-corrected chi connectivity index (χ2v) is 9.50. The van der Waals surface area contributed by atoms with E-state index in [1.165, 1.54) is 18.4 Å². The molecule has 0 aromatic heterocycles. The first kappa shape index (κ1) is 15.9. The number of hydrogen-bond donors (Lipinski definition) is 0. The number of fused-ring (bicyclic) bond motifs is 5. The molecular formula is C20H28O2S. The van der Waals surface area contributed by atoms with Crippen molar-refractivity contribution in [2.45, 2.75) is 65.2 Å². The van der Waals surface area contributed by atoms with Crippen LogP contribution in [-0.4, -0.2) is 17.8 Å². The summed E-state index contributed by atoms with van der Waals surface area (Å²) in [4.78, 5) is 25.9. The molecule has 0 amide bonds. The minimum absolute atomic E-state index is 0.0361. The quantitative estimate of drug-likeness (QED) is 0.693. The zero-order valence-electron chi connectivity index (χ0n) is 14.6. The molecule has 0 bridgehead atoms. The van der Waals surface area contributed by atoms with Gasteiger partial charge in [0.15, 0.2) is 5.78 Å². The molecule has 0 unspecified atom stereocenters. The molecule has 0 aromatic rings. The first-order valence-corrected chi connectivity index (χ1v) is 10.5.